The molecular weight excluding hydrogens is 1350 g/mol. The van der Waals surface area contributed by atoms with Gasteiger partial charge in [0, 0.05) is 21.1 Å². The van der Waals surface area contributed by atoms with Crippen LogP contribution >= 0.6 is 46.9 Å². The highest BCUT2D eigenvalue weighted by Gasteiger charge is 2.59. The Morgan fingerprint density at radius 2 is 0.722 bits per heavy atom. The number of fused-ring (bicyclic) bond motifs is 3. The van der Waals surface area contributed by atoms with E-state index in [9.17, 15) is 57.4 Å². The van der Waals surface area contributed by atoms with Gasteiger partial charge >= 0.3 is 46.9 Å². The molecule has 3 aliphatic rings. The largest absolute Gasteiger partial charge is 0.490 e. The van der Waals surface area contributed by atoms with E-state index in [4.69, 9.17) is 43.6 Å². The molecule has 3 aliphatic heterocycles. The number of halogens is 3. The lowest BCUT2D eigenvalue weighted by Gasteiger charge is -2.24. The van der Waals surface area contributed by atoms with E-state index >= 15 is 13.2 Å². The second-order valence-corrected chi connectivity index (χ2v) is 28.4. The van der Waals surface area contributed by atoms with E-state index in [1.54, 1.807) is 41.9 Å². The number of phosphoric ester groups is 3. The Morgan fingerprint density at radius 3 is 0.989 bits per heavy atom. The Kier molecular flexibility index (Phi) is 21.6. The molecule has 0 aliphatic carbocycles. The van der Waals surface area contributed by atoms with Crippen molar-refractivity contribution in [1.82, 2.24) is 58.6 Å². The Balaban J connectivity index is 0.000000194. The Bertz CT molecular complexity index is 3910. The molecule has 6 aromatic rings. The normalized spacial score (nSPS) is 29.3. The number of aliphatic hydroxyl groups is 3. The van der Waals surface area contributed by atoms with Crippen LogP contribution in [0, 0.1) is 20.8 Å². The van der Waals surface area contributed by atoms with Gasteiger partial charge < -0.3 is 89.5 Å². The third-order valence-electron chi connectivity index (χ3n) is 13.1. The minimum atomic E-state index is -5.74. The van der Waals surface area contributed by atoms with Crippen molar-refractivity contribution in [3.05, 3.63) is 36.5 Å². The average Bonchev–Trinajstić information content (AvgIpc) is 2.25. The van der Waals surface area contributed by atoms with Gasteiger partial charge in [-0.05, 0) is 41.5 Å². The molecule has 90 heavy (non-hydrogen) atoms. The predicted octanol–water partition coefficient (Wildman–Crippen LogP) is 1.17. The number of ether oxygens (including phenoxy) is 3. The van der Waals surface area contributed by atoms with Crippen molar-refractivity contribution in [1.29, 1.82) is 0 Å². The monoisotopic (exact) mass is 1410 g/mol. The summed E-state index contributed by atoms with van der Waals surface area (Å²) in [5, 5.41) is 39.4. The van der Waals surface area contributed by atoms with Crippen LogP contribution in [0.4, 0.5) is 30.6 Å². The molecule has 0 amide bonds. The van der Waals surface area contributed by atoms with Crippen molar-refractivity contribution in [2.75, 3.05) is 56.9 Å². The van der Waals surface area contributed by atoms with E-state index < -0.39 is 139 Å². The SMILES string of the molecule is CNc1nc(C)nc2c1ncn2[C@@H]1O[C@H](COP(=O)(O)O)[C@@H](O)[C@@]1(C)F.CNc1nc(C)nc2c1ncn2[C@@H]1O[C@H](COP(=O)(O)OP(=O)(O)O)[C@@H](O)[C@@]1(C)F.CNc1nc(C)nc2c1ncn2[C@@H]1O[C@H](COP(=O)(O)OP(=O)(O)OP(=O)(O)O)[C@@H](O)[C@@]1(C)F. The molecule has 0 saturated carbocycles. The average molecular weight is 1410 g/mol. The van der Waals surface area contributed by atoms with E-state index in [1.165, 1.54) is 32.7 Å². The van der Waals surface area contributed by atoms with Crippen molar-refractivity contribution in [2.24, 2.45) is 0 Å². The standard InChI is InChI=1S/C13H21FN5O12P3.C13H20FN5O9P2.C13H19FN5O6P/c1-6-17-10(15-3)8-11(18-6)19(5-16-8)12-13(2,14)9(20)7(29-12)4-28-33(24,25)31-34(26,27)30-32(21,22)23;1-6-17-10(15-3)8-11(18-6)19(5-16-8)12-13(2,14)9(20)7(27-12)4-26-30(24,25)28-29(21,22)23;1-6-17-10(15-3)8-11(18-6)19(5-16-8)12-13(2,14)9(20)7(25-12)4-24-26(21,22)23/h5,7,9,12,20H,4H2,1-3H3,(H,24,25)(H,26,27)(H,15,17,18)(H2,21,22,23);5,7,9,12,20H,4H2,1-3H3,(H,24,25)(H,15,17,18)(H2,21,22,23);5,7,9,12,20H,4H2,1-3H3,(H,15,17,18)(H2,21,22,23)/t3*7-,9-,12-,13-/m111/s1. The van der Waals surface area contributed by atoms with Gasteiger partial charge in [0.2, 0.25) is 0 Å². The van der Waals surface area contributed by atoms with Crippen LogP contribution in [0.5, 0.6) is 0 Å². The van der Waals surface area contributed by atoms with Crippen LogP contribution in [-0.2, 0) is 68.1 Å². The molecular formula is C39H60F3N15O27P6. The Morgan fingerprint density at radius 1 is 0.456 bits per heavy atom. The number of hydrogen-bond acceptors (Lipinski definition) is 30. The molecule has 42 nitrogen and oxygen atoms in total. The third-order valence-corrected chi connectivity index (χ3v) is 19.5. The summed E-state index contributed by atoms with van der Waals surface area (Å²) in [7, 11) is -27.2. The summed E-state index contributed by atoms with van der Waals surface area (Å²) in [6.07, 6.45) is -10.4. The summed E-state index contributed by atoms with van der Waals surface area (Å²) in [6.45, 7) is 5.42. The van der Waals surface area contributed by atoms with Gasteiger partial charge in [-0.15, -0.1) is 0 Å². The van der Waals surface area contributed by atoms with Crippen molar-refractivity contribution in [3.63, 3.8) is 0 Å². The van der Waals surface area contributed by atoms with Gasteiger partial charge in [-0.2, -0.15) is 12.9 Å². The maximum absolute atomic E-state index is 15.5. The first-order valence-corrected chi connectivity index (χ1v) is 34.3. The summed E-state index contributed by atoms with van der Waals surface area (Å²) in [4.78, 5) is 118. The highest BCUT2D eigenvalue weighted by molar-refractivity contribution is 7.66. The zero-order valence-electron chi connectivity index (χ0n) is 47.7. The van der Waals surface area contributed by atoms with Crippen LogP contribution in [0.3, 0.4) is 0 Å². The number of phosphoric acid groups is 6. The van der Waals surface area contributed by atoms with Crippen LogP contribution < -0.4 is 16.0 Å². The molecule has 3 saturated heterocycles. The first kappa shape index (κ1) is 72.8. The fourth-order valence-electron chi connectivity index (χ4n) is 9.13. The molecule has 15 N–H and O–H groups in total. The molecule has 9 heterocycles. The summed E-state index contributed by atoms with van der Waals surface area (Å²) in [6, 6.07) is 0. The van der Waals surface area contributed by atoms with E-state index in [1.807, 2.05) is 0 Å². The molecule has 6 aromatic heterocycles. The number of nitrogens with zero attached hydrogens (tertiary/aromatic N) is 12. The Labute approximate surface area is 503 Å². The molecule has 9 rings (SSSR count). The number of nitrogens with one attached hydrogen (secondary N) is 3. The van der Waals surface area contributed by atoms with Crippen molar-refractivity contribution >= 4 is 97.9 Å². The maximum Gasteiger partial charge on any atom is 0.490 e. The van der Waals surface area contributed by atoms with Crippen LogP contribution in [-0.4, -0.2) is 213 Å². The summed E-state index contributed by atoms with van der Waals surface area (Å²) in [5.74, 6) is 2.30. The third kappa shape index (κ3) is 16.6. The number of aliphatic hydroxyl groups excluding tert-OH is 3. The summed E-state index contributed by atoms with van der Waals surface area (Å²) >= 11 is 0. The lowest BCUT2D eigenvalue weighted by atomic mass is 9.98. The second kappa shape index (κ2) is 26.6. The molecule has 51 heteroatoms. The van der Waals surface area contributed by atoms with Crippen LogP contribution in [0.25, 0.3) is 33.5 Å². The molecule has 504 valence electrons. The molecule has 0 radical (unpaired) electrons. The van der Waals surface area contributed by atoms with Gasteiger partial charge in [0.25, 0.3) is 0 Å². The molecule has 0 bridgehead atoms. The van der Waals surface area contributed by atoms with Gasteiger partial charge in [0.05, 0.1) is 38.8 Å². The molecule has 15 atom stereocenters. The summed E-state index contributed by atoms with van der Waals surface area (Å²) in [5.41, 5.74) is -5.54. The van der Waals surface area contributed by atoms with E-state index in [0.29, 0.717) is 51.6 Å². The number of rotatable bonds is 21. The summed E-state index contributed by atoms with van der Waals surface area (Å²) < 4.78 is 157. The number of imidazole rings is 3. The number of hydrogen-bond donors (Lipinski definition) is 15. The second-order valence-electron chi connectivity index (χ2n) is 20.0. The topological polar surface area (TPSA) is 595 Å². The molecule has 0 spiro atoms. The van der Waals surface area contributed by atoms with E-state index in [-0.39, 0.29) is 16.8 Å². The minimum Gasteiger partial charge on any atom is -0.387 e. The van der Waals surface area contributed by atoms with Crippen molar-refractivity contribution in [2.45, 2.75) is 114 Å². The minimum absolute atomic E-state index is 0.159. The van der Waals surface area contributed by atoms with E-state index in [2.05, 4.69) is 87.3 Å². The molecule has 3 unspecified atom stereocenters. The van der Waals surface area contributed by atoms with Crippen molar-refractivity contribution < 1.29 is 141 Å². The lowest BCUT2D eigenvalue weighted by molar-refractivity contribution is -0.0561. The van der Waals surface area contributed by atoms with Crippen LogP contribution in [0.1, 0.15) is 56.9 Å². The van der Waals surface area contributed by atoms with Gasteiger partial charge in [-0.1, -0.05) is 0 Å². The highest BCUT2D eigenvalue weighted by Crippen LogP contribution is 2.66. The quantitative estimate of drug-likeness (QED) is 0.0450. The predicted molar refractivity (Wildman–Crippen MR) is 294 cm³/mol. The van der Waals surface area contributed by atoms with Crippen LogP contribution in [0.15, 0.2) is 19.0 Å². The smallest absolute Gasteiger partial charge is 0.387 e. The maximum atomic E-state index is 15.5. The van der Waals surface area contributed by atoms with Crippen molar-refractivity contribution in [3.8, 4) is 0 Å². The zero-order valence-corrected chi connectivity index (χ0v) is 53.1. The Hall–Kier alpha value is -4.62. The van der Waals surface area contributed by atoms with Crippen LogP contribution in [0.2, 0.25) is 0 Å². The first-order chi connectivity index (χ1) is 41.2. The number of anilines is 3. The van der Waals surface area contributed by atoms with E-state index in [0.717, 1.165) is 20.8 Å². The number of aromatic nitrogens is 12. The fraction of sp³-hybridized carbons (Fsp3) is 0.615. The van der Waals surface area contributed by atoms with Gasteiger partial charge in [0.1, 0.15) is 54.1 Å². The highest BCUT2D eigenvalue weighted by atomic mass is 31.3. The fourth-order valence-corrected chi connectivity index (χ4v) is 14.1. The zero-order chi connectivity index (χ0) is 67.4. The van der Waals surface area contributed by atoms with Gasteiger partial charge in [-0.3, -0.25) is 27.3 Å². The number of alkyl halides is 3. The molecule has 0 aromatic carbocycles. The lowest BCUT2D eigenvalue weighted by Crippen LogP contribution is -2.40. The number of aryl methyl sites for hydroxylation is 3. The molecule has 3 fully saturated rings. The first-order valence-electron chi connectivity index (χ1n) is 25.2. The van der Waals surface area contributed by atoms with Gasteiger partial charge in [0.15, 0.2) is 86.6 Å². The van der Waals surface area contributed by atoms with Gasteiger partial charge in [-0.25, -0.2) is 85.4 Å².